The van der Waals surface area contributed by atoms with Gasteiger partial charge in [-0.15, -0.1) is 0 Å². The van der Waals surface area contributed by atoms with Crippen molar-refractivity contribution in [1.29, 1.82) is 0 Å². The standard InChI is InChI=1S/C32H38N2O3/c1-23-17-18-25(3)30(19-23)37-22-31(35)34(21-27-14-8-7-11-24(27)2)29(20-26-12-5-4-6-13-26)32(36)33-28-15-9-10-16-28/h4-8,11-14,17-19,28-29H,9-10,15-16,20-22H2,1-3H3,(H,33,36). The second-order valence-electron chi connectivity index (χ2n) is 10.2. The lowest BCUT2D eigenvalue weighted by Gasteiger charge is -2.32. The molecule has 1 atom stereocenters. The van der Waals surface area contributed by atoms with E-state index in [1.807, 2.05) is 93.6 Å². The molecule has 5 heteroatoms. The van der Waals surface area contributed by atoms with Crippen LogP contribution in [-0.4, -0.2) is 35.4 Å². The normalized spacial score (nSPS) is 14.2. The highest BCUT2D eigenvalue weighted by molar-refractivity contribution is 5.88. The maximum absolute atomic E-state index is 13.8. The fraction of sp³-hybridized carbons (Fsp3) is 0.375. The highest BCUT2D eigenvalue weighted by Crippen LogP contribution is 2.22. The van der Waals surface area contributed by atoms with Gasteiger partial charge in [-0.3, -0.25) is 9.59 Å². The Kier molecular flexibility index (Phi) is 8.99. The molecule has 0 saturated heterocycles. The number of nitrogens with one attached hydrogen (secondary N) is 1. The Labute approximate surface area is 220 Å². The lowest BCUT2D eigenvalue weighted by molar-refractivity contribution is -0.143. The Bertz CT molecular complexity index is 1200. The minimum Gasteiger partial charge on any atom is -0.483 e. The summed E-state index contributed by atoms with van der Waals surface area (Å²) < 4.78 is 6.02. The topological polar surface area (TPSA) is 58.6 Å². The van der Waals surface area contributed by atoms with Crippen molar-refractivity contribution in [2.24, 2.45) is 0 Å². The quantitative estimate of drug-likeness (QED) is 0.391. The lowest BCUT2D eigenvalue weighted by atomic mass is 10.0. The van der Waals surface area contributed by atoms with E-state index >= 15 is 0 Å². The molecule has 5 nitrogen and oxygen atoms in total. The van der Waals surface area contributed by atoms with Crippen molar-refractivity contribution in [3.05, 3.63) is 101 Å². The van der Waals surface area contributed by atoms with Crippen molar-refractivity contribution in [2.45, 2.75) is 71.5 Å². The van der Waals surface area contributed by atoms with Crippen LogP contribution in [0.25, 0.3) is 0 Å². The molecule has 2 amide bonds. The third-order valence-corrected chi connectivity index (χ3v) is 7.27. The zero-order valence-electron chi connectivity index (χ0n) is 22.2. The molecular formula is C32H38N2O3. The van der Waals surface area contributed by atoms with Crippen molar-refractivity contribution in [3.8, 4) is 5.75 Å². The fourth-order valence-electron chi connectivity index (χ4n) is 4.98. The maximum atomic E-state index is 13.8. The Morgan fingerprint density at radius 3 is 2.35 bits per heavy atom. The molecule has 0 aromatic heterocycles. The number of ether oxygens (including phenoxy) is 1. The fourth-order valence-corrected chi connectivity index (χ4v) is 4.98. The number of carbonyl (C=O) groups is 2. The minimum absolute atomic E-state index is 0.0931. The second kappa shape index (κ2) is 12.6. The van der Waals surface area contributed by atoms with Crippen molar-refractivity contribution in [3.63, 3.8) is 0 Å². The number of nitrogens with zero attached hydrogens (tertiary/aromatic N) is 1. The molecule has 1 aliphatic rings. The highest BCUT2D eigenvalue weighted by atomic mass is 16.5. The van der Waals surface area contributed by atoms with E-state index in [1.54, 1.807) is 4.90 Å². The van der Waals surface area contributed by atoms with Crippen LogP contribution in [0.1, 0.15) is 53.5 Å². The second-order valence-corrected chi connectivity index (χ2v) is 10.2. The summed E-state index contributed by atoms with van der Waals surface area (Å²) >= 11 is 0. The number of rotatable bonds is 10. The van der Waals surface area contributed by atoms with Gasteiger partial charge >= 0.3 is 0 Å². The van der Waals surface area contributed by atoms with Gasteiger partial charge in [0.25, 0.3) is 5.91 Å². The summed E-state index contributed by atoms with van der Waals surface area (Å²) in [5.74, 6) is 0.398. The van der Waals surface area contributed by atoms with Gasteiger partial charge in [0.1, 0.15) is 11.8 Å². The molecule has 1 N–H and O–H groups in total. The Hall–Kier alpha value is -3.60. The third kappa shape index (κ3) is 7.22. The van der Waals surface area contributed by atoms with Gasteiger partial charge in [-0.2, -0.15) is 0 Å². The lowest BCUT2D eigenvalue weighted by Crippen LogP contribution is -2.53. The summed E-state index contributed by atoms with van der Waals surface area (Å²) in [5, 5.41) is 3.25. The van der Waals surface area contributed by atoms with Gasteiger partial charge in [-0.05, 0) is 67.5 Å². The van der Waals surface area contributed by atoms with E-state index in [9.17, 15) is 9.59 Å². The van der Waals surface area contributed by atoms with Gasteiger partial charge in [0.05, 0.1) is 0 Å². The molecule has 0 heterocycles. The molecule has 0 aliphatic heterocycles. The molecule has 37 heavy (non-hydrogen) atoms. The molecular weight excluding hydrogens is 460 g/mol. The minimum atomic E-state index is -0.641. The van der Waals surface area contributed by atoms with E-state index < -0.39 is 6.04 Å². The number of amides is 2. The first kappa shape index (κ1) is 26.5. The van der Waals surface area contributed by atoms with Gasteiger partial charge in [-0.25, -0.2) is 0 Å². The smallest absolute Gasteiger partial charge is 0.261 e. The van der Waals surface area contributed by atoms with Crippen LogP contribution in [0.3, 0.4) is 0 Å². The molecule has 194 valence electrons. The van der Waals surface area contributed by atoms with Crippen LogP contribution >= 0.6 is 0 Å². The Morgan fingerprint density at radius 1 is 0.919 bits per heavy atom. The van der Waals surface area contributed by atoms with Gasteiger partial charge in [0.15, 0.2) is 6.61 Å². The molecule has 0 radical (unpaired) electrons. The Balaban J connectivity index is 1.63. The molecule has 1 aliphatic carbocycles. The molecule has 0 spiro atoms. The van der Waals surface area contributed by atoms with E-state index in [-0.39, 0.29) is 24.5 Å². The van der Waals surface area contributed by atoms with E-state index in [2.05, 4.69) is 5.32 Å². The van der Waals surface area contributed by atoms with E-state index in [0.29, 0.717) is 18.7 Å². The first-order valence-corrected chi connectivity index (χ1v) is 13.3. The van der Waals surface area contributed by atoms with Crippen LogP contribution in [0.5, 0.6) is 5.75 Å². The average molecular weight is 499 g/mol. The zero-order valence-corrected chi connectivity index (χ0v) is 22.2. The van der Waals surface area contributed by atoms with Crippen LogP contribution < -0.4 is 10.1 Å². The maximum Gasteiger partial charge on any atom is 0.261 e. The van der Waals surface area contributed by atoms with Crippen LogP contribution in [0, 0.1) is 20.8 Å². The van der Waals surface area contributed by atoms with Crippen molar-refractivity contribution in [1.82, 2.24) is 10.2 Å². The predicted octanol–water partition coefficient (Wildman–Crippen LogP) is 5.69. The third-order valence-electron chi connectivity index (χ3n) is 7.27. The van der Waals surface area contributed by atoms with Crippen molar-refractivity contribution in [2.75, 3.05) is 6.61 Å². The van der Waals surface area contributed by atoms with Crippen LogP contribution in [0.2, 0.25) is 0 Å². The summed E-state index contributed by atoms with van der Waals surface area (Å²) in [7, 11) is 0. The van der Waals surface area contributed by atoms with Gasteiger partial charge in [-0.1, -0.05) is 79.6 Å². The molecule has 1 unspecified atom stereocenters. The summed E-state index contributed by atoms with van der Waals surface area (Å²) in [6, 6.07) is 23.5. The molecule has 3 aromatic carbocycles. The SMILES string of the molecule is Cc1ccc(C)c(OCC(=O)N(Cc2ccccc2C)C(Cc2ccccc2)C(=O)NC2CCCC2)c1. The Morgan fingerprint density at radius 2 is 1.62 bits per heavy atom. The zero-order chi connectivity index (χ0) is 26.2. The van der Waals surface area contributed by atoms with Gasteiger partial charge in [0, 0.05) is 19.0 Å². The van der Waals surface area contributed by atoms with Crippen molar-refractivity contribution < 1.29 is 14.3 Å². The summed E-state index contributed by atoms with van der Waals surface area (Å²) in [4.78, 5) is 29.3. The first-order valence-electron chi connectivity index (χ1n) is 13.3. The summed E-state index contributed by atoms with van der Waals surface area (Å²) in [6.07, 6.45) is 4.69. The number of aryl methyl sites for hydroxylation is 3. The number of hydrogen-bond donors (Lipinski definition) is 1. The molecule has 3 aromatic rings. The largest absolute Gasteiger partial charge is 0.483 e. The van der Waals surface area contributed by atoms with E-state index in [4.69, 9.17) is 4.74 Å². The van der Waals surface area contributed by atoms with E-state index in [0.717, 1.165) is 53.5 Å². The monoisotopic (exact) mass is 498 g/mol. The predicted molar refractivity (Wildman–Crippen MR) is 147 cm³/mol. The summed E-state index contributed by atoms with van der Waals surface area (Å²) in [6.45, 7) is 6.23. The first-order chi connectivity index (χ1) is 17.9. The van der Waals surface area contributed by atoms with Gasteiger partial charge < -0.3 is 15.0 Å². The van der Waals surface area contributed by atoms with E-state index in [1.165, 1.54) is 0 Å². The van der Waals surface area contributed by atoms with Crippen LogP contribution in [0.15, 0.2) is 72.8 Å². The molecule has 1 fully saturated rings. The number of hydrogen-bond acceptors (Lipinski definition) is 3. The number of carbonyl (C=O) groups excluding carboxylic acids is 2. The van der Waals surface area contributed by atoms with Crippen LogP contribution in [-0.2, 0) is 22.6 Å². The average Bonchev–Trinajstić information content (AvgIpc) is 3.41. The summed E-state index contributed by atoms with van der Waals surface area (Å²) in [5.41, 5.74) is 5.18. The molecule has 0 bridgehead atoms. The number of benzene rings is 3. The van der Waals surface area contributed by atoms with Gasteiger partial charge in [0.2, 0.25) is 5.91 Å². The van der Waals surface area contributed by atoms with Crippen molar-refractivity contribution >= 4 is 11.8 Å². The highest BCUT2D eigenvalue weighted by Gasteiger charge is 2.32. The molecule has 1 saturated carbocycles. The molecule has 4 rings (SSSR count). The van der Waals surface area contributed by atoms with Crippen LogP contribution in [0.4, 0.5) is 0 Å².